The molecule has 0 bridgehead atoms. The Labute approximate surface area is 146 Å². The first-order valence-electron chi connectivity index (χ1n) is 7.48. The Balaban J connectivity index is 2.69. The van der Waals surface area contributed by atoms with Crippen LogP contribution in [0.5, 0.6) is 0 Å². The maximum Gasteiger partial charge on any atom is 0.175 e. The summed E-state index contributed by atoms with van der Waals surface area (Å²) in [6, 6.07) is 11.8. The lowest BCUT2D eigenvalue weighted by Crippen LogP contribution is -2.03. The van der Waals surface area contributed by atoms with Crippen molar-refractivity contribution in [2.45, 2.75) is 11.8 Å². The fourth-order valence-electron chi connectivity index (χ4n) is 2.46. The van der Waals surface area contributed by atoms with Crippen molar-refractivity contribution < 1.29 is 17.6 Å². The van der Waals surface area contributed by atoms with Crippen molar-refractivity contribution in [2.24, 2.45) is 4.99 Å². The van der Waals surface area contributed by atoms with Crippen molar-refractivity contribution in [3.8, 4) is 0 Å². The Kier molecular flexibility index (Phi) is 5.64. The molecule has 0 heterocycles. The number of nitrogens with zero attached hydrogens (tertiary/aromatic N) is 1. The molecule has 6 heteroatoms. The van der Waals surface area contributed by atoms with Gasteiger partial charge in [-0.2, -0.15) is 0 Å². The summed E-state index contributed by atoms with van der Waals surface area (Å²) in [5, 5.41) is 0. The van der Waals surface area contributed by atoms with Gasteiger partial charge in [-0.1, -0.05) is 24.3 Å². The van der Waals surface area contributed by atoms with Crippen LogP contribution in [0.4, 0.5) is 4.39 Å². The lowest BCUT2D eigenvalue weighted by Gasteiger charge is -2.11. The monoisotopic (exact) mass is 359 g/mol. The van der Waals surface area contributed by atoms with E-state index in [4.69, 9.17) is 0 Å². The third kappa shape index (κ3) is 4.48. The Bertz CT molecular complexity index is 941. The maximum absolute atomic E-state index is 13.2. The van der Waals surface area contributed by atoms with Crippen molar-refractivity contribution in [1.29, 1.82) is 0 Å². The number of rotatable bonds is 5. The van der Waals surface area contributed by atoms with Crippen LogP contribution in [0, 0.1) is 5.82 Å². The van der Waals surface area contributed by atoms with Gasteiger partial charge in [0.2, 0.25) is 0 Å². The molecule has 2 aromatic carbocycles. The summed E-state index contributed by atoms with van der Waals surface area (Å²) in [5.41, 5.74) is 2.14. The first-order chi connectivity index (χ1) is 11.7. The molecule has 0 aromatic heterocycles. The minimum atomic E-state index is -3.31. The summed E-state index contributed by atoms with van der Waals surface area (Å²) in [6.07, 6.45) is 2.67. The second-order valence-corrected chi connectivity index (χ2v) is 7.55. The molecule has 0 aliphatic rings. The van der Waals surface area contributed by atoms with Crippen LogP contribution >= 0.6 is 0 Å². The fraction of sp³-hybridized carbons (Fsp3) is 0.158. The quantitative estimate of drug-likeness (QED) is 0.467. The van der Waals surface area contributed by atoms with Crippen molar-refractivity contribution in [2.75, 3.05) is 13.3 Å². The molecule has 0 atom stereocenters. The van der Waals surface area contributed by atoms with Gasteiger partial charge in [0.15, 0.2) is 15.6 Å². The largest absolute Gasteiger partial charge is 0.296 e. The van der Waals surface area contributed by atoms with Crippen molar-refractivity contribution >= 4 is 33.0 Å². The van der Waals surface area contributed by atoms with Crippen molar-refractivity contribution in [3.05, 3.63) is 65.5 Å². The normalized spacial score (nSPS) is 13.0. The van der Waals surface area contributed by atoms with Crippen LogP contribution < -0.4 is 0 Å². The molecule has 4 nitrogen and oxygen atoms in total. The number of hydrogen-bond acceptors (Lipinski definition) is 4. The molecule has 2 rings (SSSR count). The summed E-state index contributed by atoms with van der Waals surface area (Å²) in [6.45, 7) is 1.42. The molecule has 0 N–H and O–H groups in total. The van der Waals surface area contributed by atoms with Crippen LogP contribution in [0.25, 0.3) is 11.1 Å². The standard InChI is InChI=1S/C19H18FNO3S/c1-13(22)19(15-4-8-16(20)9-5-15)18(12-21-2)14-6-10-17(11-7-14)25(3,23)24/h4-12H,1-3H3/b19-18-,21-12?. The molecule has 25 heavy (non-hydrogen) atoms. The number of hydrogen-bond donors (Lipinski definition) is 0. The van der Waals surface area contributed by atoms with Crippen LogP contribution in [0.2, 0.25) is 0 Å². The molecule has 0 unspecified atom stereocenters. The summed E-state index contributed by atoms with van der Waals surface area (Å²) in [5.74, 6) is -0.594. The highest BCUT2D eigenvalue weighted by molar-refractivity contribution is 7.90. The molecular formula is C19H18FNO3S. The summed E-state index contributed by atoms with van der Waals surface area (Å²) in [4.78, 5) is 16.4. The van der Waals surface area contributed by atoms with Crippen molar-refractivity contribution in [1.82, 2.24) is 0 Å². The predicted molar refractivity (Wildman–Crippen MR) is 97.9 cm³/mol. The highest BCUT2D eigenvalue weighted by Crippen LogP contribution is 2.27. The molecule has 0 aliphatic heterocycles. The van der Waals surface area contributed by atoms with Crippen LogP contribution in [0.3, 0.4) is 0 Å². The van der Waals surface area contributed by atoms with E-state index in [0.717, 1.165) is 6.26 Å². The van der Waals surface area contributed by atoms with Crippen LogP contribution in [0.15, 0.2) is 58.4 Å². The zero-order chi connectivity index (χ0) is 18.6. The third-order valence-electron chi connectivity index (χ3n) is 3.61. The van der Waals surface area contributed by atoms with E-state index in [1.54, 1.807) is 19.2 Å². The number of ketones is 1. The van der Waals surface area contributed by atoms with Crippen molar-refractivity contribution in [3.63, 3.8) is 0 Å². The molecule has 0 spiro atoms. The number of carbonyl (C=O) groups excluding carboxylic acids is 1. The van der Waals surface area contributed by atoms with Gasteiger partial charge < -0.3 is 0 Å². The Hall–Kier alpha value is -2.60. The van der Waals surface area contributed by atoms with E-state index in [1.807, 2.05) is 0 Å². The summed E-state index contributed by atoms with van der Waals surface area (Å²) < 4.78 is 36.4. The van der Waals surface area contributed by atoms with E-state index in [2.05, 4.69) is 4.99 Å². The Morgan fingerprint density at radius 1 is 1.00 bits per heavy atom. The number of halogens is 1. The molecule has 0 saturated carbocycles. The minimum absolute atomic E-state index is 0.190. The van der Waals surface area contributed by atoms with E-state index in [9.17, 15) is 17.6 Å². The van der Waals surface area contributed by atoms with Crippen LogP contribution in [0.1, 0.15) is 18.1 Å². The number of aliphatic imine (C=N–C) groups is 1. The van der Waals surface area contributed by atoms with Crippen LogP contribution in [-0.2, 0) is 14.6 Å². The topological polar surface area (TPSA) is 63.6 Å². The van der Waals surface area contributed by atoms with Gasteiger partial charge in [0.1, 0.15) is 5.82 Å². The van der Waals surface area contributed by atoms with Gasteiger partial charge in [-0.25, -0.2) is 12.8 Å². The van der Waals surface area contributed by atoms with E-state index < -0.39 is 15.7 Å². The molecule has 0 aliphatic carbocycles. The molecule has 0 amide bonds. The van der Waals surface area contributed by atoms with Gasteiger partial charge in [0.05, 0.1) is 4.90 Å². The average Bonchev–Trinajstić information content (AvgIpc) is 2.55. The number of Topliss-reactive ketones (excluding diaryl/α,β-unsaturated/α-hetero) is 1. The number of benzene rings is 2. The molecule has 2 aromatic rings. The third-order valence-corrected chi connectivity index (χ3v) is 4.73. The highest BCUT2D eigenvalue weighted by atomic mass is 32.2. The number of sulfone groups is 1. The van der Waals surface area contributed by atoms with Gasteiger partial charge in [-0.05, 0) is 42.3 Å². The van der Waals surface area contributed by atoms with Gasteiger partial charge in [0, 0.05) is 30.7 Å². The Morgan fingerprint density at radius 2 is 1.52 bits per heavy atom. The maximum atomic E-state index is 13.2. The van der Waals surface area contributed by atoms with Gasteiger partial charge in [-0.15, -0.1) is 0 Å². The predicted octanol–water partition coefficient (Wildman–Crippen LogP) is 3.43. The molecule has 0 radical (unpaired) electrons. The van der Waals surface area contributed by atoms with E-state index >= 15 is 0 Å². The summed E-state index contributed by atoms with van der Waals surface area (Å²) >= 11 is 0. The second-order valence-electron chi connectivity index (χ2n) is 5.54. The number of allylic oxidation sites excluding steroid dienone is 2. The number of carbonyl (C=O) groups is 1. The van der Waals surface area contributed by atoms with E-state index in [-0.39, 0.29) is 10.7 Å². The lowest BCUT2D eigenvalue weighted by molar-refractivity contribution is -0.111. The van der Waals surface area contributed by atoms with E-state index in [1.165, 1.54) is 49.5 Å². The zero-order valence-electron chi connectivity index (χ0n) is 14.2. The smallest absolute Gasteiger partial charge is 0.175 e. The zero-order valence-corrected chi connectivity index (χ0v) is 15.0. The molecular weight excluding hydrogens is 341 g/mol. The van der Waals surface area contributed by atoms with Gasteiger partial charge in [0.25, 0.3) is 0 Å². The SMILES string of the molecule is CN=C/C(=C(\C(C)=O)c1ccc(F)cc1)c1ccc(S(C)(=O)=O)cc1. The van der Waals surface area contributed by atoms with E-state index in [0.29, 0.717) is 22.3 Å². The lowest BCUT2D eigenvalue weighted by atomic mass is 9.93. The van der Waals surface area contributed by atoms with Gasteiger partial charge in [-0.3, -0.25) is 9.79 Å². The minimum Gasteiger partial charge on any atom is -0.296 e. The van der Waals surface area contributed by atoms with Crippen LogP contribution in [-0.4, -0.2) is 33.7 Å². The average molecular weight is 359 g/mol. The molecule has 0 fully saturated rings. The molecule has 0 saturated heterocycles. The summed E-state index contributed by atoms with van der Waals surface area (Å²) in [7, 11) is -1.73. The highest BCUT2D eigenvalue weighted by Gasteiger charge is 2.16. The molecule has 130 valence electrons. The van der Waals surface area contributed by atoms with Gasteiger partial charge >= 0.3 is 0 Å². The Morgan fingerprint density at radius 3 is 1.96 bits per heavy atom. The fourth-order valence-corrected chi connectivity index (χ4v) is 3.09. The second kappa shape index (κ2) is 7.53. The first kappa shape index (κ1) is 18.7. The first-order valence-corrected chi connectivity index (χ1v) is 9.37.